The molecule has 1 aromatic heterocycles. The first-order chi connectivity index (χ1) is 7.79. The Morgan fingerprint density at radius 2 is 2.06 bits per heavy atom. The zero-order chi connectivity index (χ0) is 11.4. The molecule has 0 aliphatic carbocycles. The van der Waals surface area contributed by atoms with E-state index in [0.29, 0.717) is 18.2 Å². The second kappa shape index (κ2) is 4.71. The number of rotatable bonds is 4. The van der Waals surface area contributed by atoms with Crippen molar-refractivity contribution < 1.29 is 9.84 Å². The van der Waals surface area contributed by atoms with Gasteiger partial charge in [0, 0.05) is 13.7 Å². The average Bonchev–Trinajstić information content (AvgIpc) is 2.68. The molecule has 1 N–H and O–H groups in total. The van der Waals surface area contributed by atoms with Gasteiger partial charge in [-0.25, -0.2) is 0 Å². The number of aryl methyl sites for hydroxylation is 1. The number of aromatic nitrogens is 4. The van der Waals surface area contributed by atoms with Crippen LogP contribution >= 0.6 is 0 Å². The predicted molar refractivity (Wildman–Crippen MR) is 56.1 cm³/mol. The number of benzene rings is 1. The molecule has 1 heterocycles. The summed E-state index contributed by atoms with van der Waals surface area (Å²) in [5.74, 6) is 0.666. The van der Waals surface area contributed by atoms with Crippen LogP contribution in [0.3, 0.4) is 0 Å². The average molecular weight is 220 g/mol. The van der Waals surface area contributed by atoms with Gasteiger partial charge in [-0.15, -0.1) is 0 Å². The Kier molecular flexibility index (Phi) is 3.11. The standard InChI is InChI=1S/C10H12N4O2/c1-14-10(11-12-13-14)16-9-4-2-8(3-5-9)6-7-15/h2-5,15H,6-7H2,1H3. The maximum absolute atomic E-state index is 8.77. The molecular formula is C10H12N4O2. The molecule has 16 heavy (non-hydrogen) atoms. The number of tetrazole rings is 1. The monoisotopic (exact) mass is 220 g/mol. The van der Waals surface area contributed by atoms with Gasteiger partial charge in [0.2, 0.25) is 0 Å². The van der Waals surface area contributed by atoms with Crippen LogP contribution in [0.5, 0.6) is 11.8 Å². The molecule has 2 rings (SSSR count). The van der Waals surface area contributed by atoms with Crippen LogP contribution in [0.25, 0.3) is 0 Å². The van der Waals surface area contributed by atoms with Crippen LogP contribution in [-0.4, -0.2) is 31.9 Å². The summed E-state index contributed by atoms with van der Waals surface area (Å²) in [6.45, 7) is 0.146. The predicted octanol–water partition coefficient (Wildman–Crippen LogP) is 0.537. The minimum absolute atomic E-state index is 0.146. The van der Waals surface area contributed by atoms with Gasteiger partial charge in [-0.05, 0) is 34.5 Å². The van der Waals surface area contributed by atoms with E-state index < -0.39 is 0 Å². The molecule has 6 nitrogen and oxygen atoms in total. The Balaban J connectivity index is 2.08. The Labute approximate surface area is 92.5 Å². The van der Waals surface area contributed by atoms with E-state index in [0.717, 1.165) is 5.56 Å². The summed E-state index contributed by atoms with van der Waals surface area (Å²) < 4.78 is 6.89. The summed E-state index contributed by atoms with van der Waals surface area (Å²) in [5, 5.41) is 19.6. The number of hydrogen-bond acceptors (Lipinski definition) is 5. The molecule has 1 aromatic carbocycles. The first-order valence-electron chi connectivity index (χ1n) is 4.89. The number of nitrogens with zero attached hydrogens (tertiary/aromatic N) is 4. The van der Waals surface area contributed by atoms with Crippen molar-refractivity contribution >= 4 is 0 Å². The van der Waals surface area contributed by atoms with Crippen molar-refractivity contribution in [3.63, 3.8) is 0 Å². The molecule has 0 unspecified atom stereocenters. The van der Waals surface area contributed by atoms with Gasteiger partial charge in [0.15, 0.2) is 0 Å². The minimum Gasteiger partial charge on any atom is -0.423 e. The Morgan fingerprint density at radius 1 is 1.31 bits per heavy atom. The minimum atomic E-state index is 0.146. The van der Waals surface area contributed by atoms with Crippen LogP contribution < -0.4 is 4.74 Å². The van der Waals surface area contributed by atoms with Crippen LogP contribution in [0.2, 0.25) is 0 Å². The summed E-state index contributed by atoms with van der Waals surface area (Å²) >= 11 is 0. The van der Waals surface area contributed by atoms with E-state index in [9.17, 15) is 0 Å². The van der Waals surface area contributed by atoms with Crippen molar-refractivity contribution in [3.05, 3.63) is 29.8 Å². The third-order valence-electron chi connectivity index (χ3n) is 2.11. The zero-order valence-corrected chi connectivity index (χ0v) is 8.87. The summed E-state index contributed by atoms with van der Waals surface area (Å²) in [4.78, 5) is 0. The highest BCUT2D eigenvalue weighted by molar-refractivity contribution is 5.29. The quantitative estimate of drug-likeness (QED) is 0.814. The fourth-order valence-electron chi connectivity index (χ4n) is 1.27. The molecule has 6 heteroatoms. The molecule has 0 spiro atoms. The second-order valence-electron chi connectivity index (χ2n) is 3.30. The van der Waals surface area contributed by atoms with Crippen LogP contribution in [0.1, 0.15) is 5.56 Å². The summed E-state index contributed by atoms with van der Waals surface area (Å²) in [7, 11) is 1.70. The third-order valence-corrected chi connectivity index (χ3v) is 2.11. The van der Waals surface area contributed by atoms with Crippen molar-refractivity contribution in [3.8, 4) is 11.8 Å². The first kappa shape index (κ1) is 10.6. The van der Waals surface area contributed by atoms with E-state index in [-0.39, 0.29) is 6.61 Å². The lowest BCUT2D eigenvalue weighted by molar-refractivity contribution is 0.299. The molecule has 0 fully saturated rings. The van der Waals surface area contributed by atoms with E-state index in [2.05, 4.69) is 15.5 Å². The highest BCUT2D eigenvalue weighted by Gasteiger charge is 2.04. The summed E-state index contributed by atoms with van der Waals surface area (Å²) in [6, 6.07) is 7.78. The largest absolute Gasteiger partial charge is 0.423 e. The van der Waals surface area contributed by atoms with E-state index in [4.69, 9.17) is 9.84 Å². The second-order valence-corrected chi connectivity index (χ2v) is 3.30. The van der Waals surface area contributed by atoms with Gasteiger partial charge in [0.25, 0.3) is 0 Å². The number of hydrogen-bond donors (Lipinski definition) is 1. The van der Waals surface area contributed by atoms with E-state index >= 15 is 0 Å². The van der Waals surface area contributed by atoms with E-state index in [1.165, 1.54) is 4.68 Å². The maximum Gasteiger partial charge on any atom is 0.340 e. The Bertz CT molecular complexity index is 452. The lowest BCUT2D eigenvalue weighted by Crippen LogP contribution is -1.96. The Hall–Kier alpha value is -1.95. The molecule has 0 saturated carbocycles. The highest BCUT2D eigenvalue weighted by Crippen LogP contribution is 2.18. The molecule has 84 valence electrons. The van der Waals surface area contributed by atoms with Gasteiger partial charge in [-0.1, -0.05) is 17.2 Å². The normalized spacial score (nSPS) is 10.4. The molecular weight excluding hydrogens is 208 g/mol. The van der Waals surface area contributed by atoms with Crippen molar-refractivity contribution in [2.75, 3.05) is 6.61 Å². The van der Waals surface area contributed by atoms with Crippen molar-refractivity contribution in [1.82, 2.24) is 20.2 Å². The molecule has 0 amide bonds. The van der Waals surface area contributed by atoms with Gasteiger partial charge >= 0.3 is 6.01 Å². The smallest absolute Gasteiger partial charge is 0.340 e. The molecule has 0 atom stereocenters. The molecule has 2 aromatic rings. The first-order valence-corrected chi connectivity index (χ1v) is 4.89. The van der Waals surface area contributed by atoms with Crippen molar-refractivity contribution in [1.29, 1.82) is 0 Å². The topological polar surface area (TPSA) is 73.1 Å². The van der Waals surface area contributed by atoms with Gasteiger partial charge in [-0.3, -0.25) is 0 Å². The maximum atomic E-state index is 8.77. The SMILES string of the molecule is Cn1nnnc1Oc1ccc(CCO)cc1. The molecule has 0 aliphatic rings. The van der Waals surface area contributed by atoms with E-state index in [1.54, 1.807) is 7.05 Å². The van der Waals surface area contributed by atoms with Crippen molar-refractivity contribution in [2.24, 2.45) is 7.05 Å². The molecule has 0 saturated heterocycles. The molecule has 0 radical (unpaired) electrons. The number of ether oxygens (including phenoxy) is 1. The number of aliphatic hydroxyl groups is 1. The van der Waals surface area contributed by atoms with Gasteiger partial charge in [0.05, 0.1) is 0 Å². The number of aliphatic hydroxyl groups excluding tert-OH is 1. The van der Waals surface area contributed by atoms with E-state index in [1.807, 2.05) is 24.3 Å². The third kappa shape index (κ3) is 2.34. The summed E-state index contributed by atoms with van der Waals surface area (Å²) in [5.41, 5.74) is 1.06. The van der Waals surface area contributed by atoms with Crippen LogP contribution in [0.4, 0.5) is 0 Å². The lowest BCUT2D eigenvalue weighted by atomic mass is 10.1. The van der Waals surface area contributed by atoms with Gasteiger partial charge < -0.3 is 9.84 Å². The van der Waals surface area contributed by atoms with Crippen LogP contribution in [-0.2, 0) is 13.5 Å². The van der Waals surface area contributed by atoms with Crippen LogP contribution in [0.15, 0.2) is 24.3 Å². The molecule has 0 aliphatic heterocycles. The van der Waals surface area contributed by atoms with Crippen LogP contribution in [0, 0.1) is 0 Å². The zero-order valence-electron chi connectivity index (χ0n) is 8.87. The van der Waals surface area contributed by atoms with Crippen molar-refractivity contribution in [2.45, 2.75) is 6.42 Å². The van der Waals surface area contributed by atoms with Gasteiger partial charge in [0.1, 0.15) is 5.75 Å². The Morgan fingerprint density at radius 3 is 2.62 bits per heavy atom. The van der Waals surface area contributed by atoms with Gasteiger partial charge in [-0.2, -0.15) is 4.68 Å². The fourth-order valence-corrected chi connectivity index (χ4v) is 1.27. The highest BCUT2D eigenvalue weighted by atomic mass is 16.5. The lowest BCUT2D eigenvalue weighted by Gasteiger charge is -2.03. The molecule has 0 bridgehead atoms. The fraction of sp³-hybridized carbons (Fsp3) is 0.300. The summed E-state index contributed by atoms with van der Waals surface area (Å²) in [6.07, 6.45) is 0.645.